The zero-order valence-electron chi connectivity index (χ0n) is 19.2. The number of benzene rings is 2. The van der Waals surface area contributed by atoms with Gasteiger partial charge in [-0.05, 0) is 29.8 Å². The quantitative estimate of drug-likeness (QED) is 0.480. The van der Waals surface area contributed by atoms with Crippen molar-refractivity contribution in [2.24, 2.45) is 0 Å². The van der Waals surface area contributed by atoms with Crippen molar-refractivity contribution in [1.29, 1.82) is 0 Å². The molecule has 0 aliphatic heterocycles. The van der Waals surface area contributed by atoms with Crippen LogP contribution < -0.4 is 10.6 Å². The summed E-state index contributed by atoms with van der Waals surface area (Å²) >= 11 is 12.2. The predicted molar refractivity (Wildman–Crippen MR) is 134 cm³/mol. The zero-order chi connectivity index (χ0) is 24.3. The van der Waals surface area contributed by atoms with Crippen molar-refractivity contribution in [1.82, 2.24) is 14.7 Å². The van der Waals surface area contributed by atoms with Gasteiger partial charge in [-0.1, -0.05) is 62.2 Å². The number of halogens is 2. The molecule has 0 aliphatic carbocycles. The molecule has 0 saturated heterocycles. The van der Waals surface area contributed by atoms with E-state index in [0.717, 1.165) is 16.9 Å². The molecule has 9 heteroatoms. The van der Waals surface area contributed by atoms with Gasteiger partial charge in [0, 0.05) is 25.6 Å². The summed E-state index contributed by atoms with van der Waals surface area (Å²) in [5.41, 5.74) is 2.63. The van der Waals surface area contributed by atoms with Crippen LogP contribution in [0.25, 0.3) is 5.69 Å². The number of carbonyl (C=O) groups is 2. The highest BCUT2D eigenvalue weighted by molar-refractivity contribution is 6.44. The van der Waals surface area contributed by atoms with Crippen molar-refractivity contribution in [3.63, 3.8) is 0 Å². The second-order valence-electron chi connectivity index (χ2n) is 8.89. The minimum absolute atomic E-state index is 0.0237. The summed E-state index contributed by atoms with van der Waals surface area (Å²) in [6, 6.07) is 13.9. The van der Waals surface area contributed by atoms with E-state index in [1.165, 1.54) is 0 Å². The minimum Gasteiger partial charge on any atom is -0.349 e. The van der Waals surface area contributed by atoms with E-state index in [-0.39, 0.29) is 16.3 Å². The van der Waals surface area contributed by atoms with Crippen molar-refractivity contribution in [2.75, 3.05) is 24.7 Å². The maximum atomic E-state index is 12.7. The van der Waals surface area contributed by atoms with E-state index in [1.807, 2.05) is 51.1 Å². The molecule has 0 aliphatic rings. The number of carbonyl (C=O) groups excluding carboxylic acids is 2. The summed E-state index contributed by atoms with van der Waals surface area (Å²) in [5, 5.41) is 10.9. The normalized spacial score (nSPS) is 11.2. The van der Waals surface area contributed by atoms with E-state index in [1.54, 1.807) is 41.9 Å². The third-order valence-electron chi connectivity index (χ3n) is 4.95. The minimum atomic E-state index is -0.478. The number of amides is 3. The van der Waals surface area contributed by atoms with Crippen LogP contribution in [0.3, 0.4) is 0 Å². The first-order chi connectivity index (χ1) is 15.5. The molecule has 0 fully saturated rings. The Bertz CT molecular complexity index is 1160. The van der Waals surface area contributed by atoms with Gasteiger partial charge in [-0.25, -0.2) is 9.48 Å². The Morgan fingerprint density at radius 2 is 1.70 bits per heavy atom. The number of anilines is 2. The molecular weight excluding hydrogens is 461 g/mol. The summed E-state index contributed by atoms with van der Waals surface area (Å²) in [6.45, 7) is 6.14. The highest BCUT2D eigenvalue weighted by Gasteiger charge is 2.22. The lowest BCUT2D eigenvalue weighted by Gasteiger charge is -2.14. The maximum absolute atomic E-state index is 12.7. The average molecular weight is 488 g/mol. The largest absolute Gasteiger partial charge is 0.349 e. The van der Waals surface area contributed by atoms with Crippen LogP contribution >= 0.6 is 23.2 Å². The summed E-state index contributed by atoms with van der Waals surface area (Å²) < 4.78 is 1.66. The fourth-order valence-electron chi connectivity index (χ4n) is 2.99. The van der Waals surface area contributed by atoms with E-state index in [4.69, 9.17) is 28.3 Å². The average Bonchev–Trinajstić information content (AvgIpc) is 3.16. The topological polar surface area (TPSA) is 79.3 Å². The van der Waals surface area contributed by atoms with Crippen molar-refractivity contribution in [3.8, 4) is 5.69 Å². The van der Waals surface area contributed by atoms with Crippen LogP contribution in [0.15, 0.2) is 48.5 Å². The summed E-state index contributed by atoms with van der Waals surface area (Å²) in [7, 11) is 3.46. The lowest BCUT2D eigenvalue weighted by molar-refractivity contribution is -0.127. The second-order valence-corrected chi connectivity index (χ2v) is 9.67. The molecule has 7 nitrogen and oxygen atoms in total. The molecule has 0 spiro atoms. The number of likely N-dealkylation sites (N-methyl/N-ethyl adjacent to an activating group) is 1. The molecule has 33 heavy (non-hydrogen) atoms. The number of aromatic nitrogens is 2. The molecule has 2 aromatic carbocycles. The first kappa shape index (κ1) is 24.6. The van der Waals surface area contributed by atoms with Crippen LogP contribution in [0.1, 0.15) is 32.0 Å². The third kappa shape index (κ3) is 6.06. The van der Waals surface area contributed by atoms with Crippen LogP contribution in [0.2, 0.25) is 10.0 Å². The SMILES string of the molecule is CN(C)C(=O)Cc1ccc(-n2nc(C(C)(C)C)cc2NC(=O)Nc2cccc(Cl)c2Cl)cc1. The number of nitrogens with one attached hydrogen (secondary N) is 2. The molecule has 0 bridgehead atoms. The van der Waals surface area contributed by atoms with E-state index >= 15 is 0 Å². The first-order valence-corrected chi connectivity index (χ1v) is 11.1. The van der Waals surface area contributed by atoms with Gasteiger partial charge in [-0.3, -0.25) is 10.1 Å². The summed E-state index contributed by atoms with van der Waals surface area (Å²) in [4.78, 5) is 26.3. The Morgan fingerprint density at radius 3 is 2.30 bits per heavy atom. The van der Waals surface area contributed by atoms with Gasteiger partial charge in [0.2, 0.25) is 5.91 Å². The fraction of sp³-hybridized carbons (Fsp3) is 0.292. The Labute approximate surface area is 203 Å². The molecule has 3 amide bonds. The number of nitrogens with zero attached hydrogens (tertiary/aromatic N) is 3. The number of rotatable bonds is 5. The first-order valence-electron chi connectivity index (χ1n) is 10.4. The van der Waals surface area contributed by atoms with Gasteiger partial charge in [0.05, 0.1) is 33.5 Å². The van der Waals surface area contributed by atoms with Crippen LogP contribution in [0.4, 0.5) is 16.3 Å². The lowest BCUT2D eigenvalue weighted by Crippen LogP contribution is -2.23. The molecule has 0 unspecified atom stereocenters. The Hall–Kier alpha value is -3.03. The molecule has 3 rings (SSSR count). The molecule has 0 radical (unpaired) electrons. The zero-order valence-corrected chi connectivity index (χ0v) is 20.8. The van der Waals surface area contributed by atoms with Gasteiger partial charge in [-0.15, -0.1) is 0 Å². The van der Waals surface area contributed by atoms with Crippen LogP contribution in [0.5, 0.6) is 0 Å². The van der Waals surface area contributed by atoms with E-state index < -0.39 is 6.03 Å². The highest BCUT2D eigenvalue weighted by Crippen LogP contribution is 2.30. The van der Waals surface area contributed by atoms with Gasteiger partial charge in [0.25, 0.3) is 0 Å². The molecule has 174 valence electrons. The molecule has 1 heterocycles. The summed E-state index contributed by atoms with van der Waals surface area (Å²) in [6.07, 6.45) is 0.313. The Balaban J connectivity index is 1.88. The molecule has 0 saturated carbocycles. The van der Waals surface area contributed by atoms with E-state index in [9.17, 15) is 9.59 Å². The smallest absolute Gasteiger partial charge is 0.324 e. The molecule has 3 aromatic rings. The molecule has 2 N–H and O–H groups in total. The van der Waals surface area contributed by atoms with Gasteiger partial charge in [-0.2, -0.15) is 5.10 Å². The molecule has 1 aromatic heterocycles. The Kier molecular flexibility index (Phi) is 7.34. The number of hydrogen-bond donors (Lipinski definition) is 2. The van der Waals surface area contributed by atoms with Gasteiger partial charge >= 0.3 is 6.03 Å². The van der Waals surface area contributed by atoms with Crippen molar-refractivity contribution >= 4 is 46.6 Å². The van der Waals surface area contributed by atoms with Crippen molar-refractivity contribution in [2.45, 2.75) is 32.6 Å². The summed E-state index contributed by atoms with van der Waals surface area (Å²) in [5.74, 6) is 0.517. The second kappa shape index (κ2) is 9.85. The Morgan fingerprint density at radius 1 is 1.03 bits per heavy atom. The monoisotopic (exact) mass is 487 g/mol. The van der Waals surface area contributed by atoms with E-state index in [2.05, 4.69) is 10.6 Å². The fourth-order valence-corrected chi connectivity index (χ4v) is 3.34. The maximum Gasteiger partial charge on any atom is 0.324 e. The third-order valence-corrected chi connectivity index (χ3v) is 5.77. The predicted octanol–water partition coefficient (Wildman–Crippen LogP) is 5.75. The molecular formula is C24H27Cl2N5O2. The van der Waals surface area contributed by atoms with Gasteiger partial charge in [0.1, 0.15) is 5.82 Å². The molecule has 0 atom stereocenters. The lowest BCUT2D eigenvalue weighted by atomic mass is 9.92. The van der Waals surface area contributed by atoms with Crippen molar-refractivity contribution in [3.05, 3.63) is 69.8 Å². The van der Waals surface area contributed by atoms with Crippen molar-refractivity contribution < 1.29 is 9.59 Å². The van der Waals surface area contributed by atoms with Crippen LogP contribution in [-0.2, 0) is 16.6 Å². The van der Waals surface area contributed by atoms with E-state index in [0.29, 0.717) is 22.9 Å². The van der Waals surface area contributed by atoms with Gasteiger partial charge in [0.15, 0.2) is 0 Å². The van der Waals surface area contributed by atoms with Crippen LogP contribution in [0, 0.1) is 0 Å². The number of hydrogen-bond acceptors (Lipinski definition) is 3. The highest BCUT2D eigenvalue weighted by atomic mass is 35.5. The van der Waals surface area contributed by atoms with Crippen LogP contribution in [-0.4, -0.2) is 40.7 Å². The standard InChI is InChI=1S/C24H27Cl2N5O2/c1-24(2,3)19-14-20(28-23(33)27-18-8-6-7-17(25)22(18)26)31(29-19)16-11-9-15(10-12-16)13-21(32)30(4)5/h6-12,14H,13H2,1-5H3,(H2,27,28,33). The van der Waals surface area contributed by atoms with Gasteiger partial charge < -0.3 is 10.2 Å². The number of urea groups is 1.